The second-order valence-corrected chi connectivity index (χ2v) is 7.55. The molecule has 2 aliphatic heterocycles. The summed E-state index contributed by atoms with van der Waals surface area (Å²) in [4.78, 5) is 65.1. The number of amides is 4. The molecule has 2 heterocycles. The van der Waals surface area contributed by atoms with Gasteiger partial charge < -0.3 is 15.5 Å². The summed E-state index contributed by atoms with van der Waals surface area (Å²) in [6.45, 7) is 4.80. The third-order valence-corrected chi connectivity index (χ3v) is 5.23. The Morgan fingerprint density at radius 3 is 2.10 bits per heavy atom. The number of carbonyl (C=O) groups excluding carboxylic acids is 5. The Kier molecular flexibility index (Phi) is 8.56. The van der Waals surface area contributed by atoms with Crippen molar-refractivity contribution in [2.45, 2.75) is 70.9 Å². The number of hydrogen-bond donors (Lipinski definition) is 2. The molecule has 0 radical (unpaired) electrons. The number of carbonyl (C=O) groups is 5. The molecule has 2 saturated heterocycles. The predicted octanol–water partition coefficient (Wildman–Crippen LogP) is -0.131. The quantitative estimate of drug-likeness (QED) is 0.305. The summed E-state index contributed by atoms with van der Waals surface area (Å²) in [7, 11) is 0. The molecule has 10 heteroatoms. The van der Waals surface area contributed by atoms with Crippen LogP contribution in [0, 0.1) is 0 Å². The highest BCUT2D eigenvalue weighted by Gasteiger charge is 2.32. The molecule has 0 bridgehead atoms. The summed E-state index contributed by atoms with van der Waals surface area (Å²) in [5.74, 6) is -2.28. The van der Waals surface area contributed by atoms with Crippen LogP contribution in [0.1, 0.15) is 58.8 Å². The van der Waals surface area contributed by atoms with Gasteiger partial charge in [-0.2, -0.15) is 0 Å². The fourth-order valence-corrected chi connectivity index (χ4v) is 3.52. The molecule has 0 aromatic heterocycles. The van der Waals surface area contributed by atoms with Gasteiger partial charge in [0.15, 0.2) is 0 Å². The van der Waals surface area contributed by atoms with E-state index in [1.165, 1.54) is 6.42 Å². The number of rotatable bonds is 9. The Bertz CT molecular complexity index is 627. The van der Waals surface area contributed by atoms with E-state index in [2.05, 4.69) is 29.4 Å². The Morgan fingerprint density at radius 1 is 0.931 bits per heavy atom. The van der Waals surface area contributed by atoms with Gasteiger partial charge in [-0.3, -0.25) is 24.1 Å². The van der Waals surface area contributed by atoms with Crippen molar-refractivity contribution >= 4 is 29.6 Å². The van der Waals surface area contributed by atoms with E-state index in [0.29, 0.717) is 23.7 Å². The molecule has 0 aliphatic carbocycles. The van der Waals surface area contributed by atoms with E-state index >= 15 is 0 Å². The van der Waals surface area contributed by atoms with Gasteiger partial charge in [-0.15, -0.1) is 5.06 Å². The highest BCUT2D eigenvalue weighted by Crippen LogP contribution is 2.21. The summed E-state index contributed by atoms with van der Waals surface area (Å²) in [5.41, 5.74) is 0. The van der Waals surface area contributed by atoms with Crippen molar-refractivity contribution in [3.8, 4) is 0 Å². The zero-order valence-corrected chi connectivity index (χ0v) is 17.1. The summed E-state index contributed by atoms with van der Waals surface area (Å²) < 4.78 is 0. The molecule has 29 heavy (non-hydrogen) atoms. The first-order chi connectivity index (χ1) is 13.8. The summed E-state index contributed by atoms with van der Waals surface area (Å²) in [5, 5.41) is 5.76. The monoisotopic (exact) mass is 415 g/mol. The average molecular weight is 415 g/mol. The van der Waals surface area contributed by atoms with Gasteiger partial charge in [0.25, 0.3) is 11.8 Å². The number of hydroxylamine groups is 2. The summed E-state index contributed by atoms with van der Waals surface area (Å²) in [6.07, 6.45) is 3.34. The van der Waals surface area contributed by atoms with Gasteiger partial charge in [0, 0.05) is 44.4 Å². The van der Waals surface area contributed by atoms with E-state index in [1.54, 1.807) is 0 Å². The number of nitrogens with one attached hydrogen (secondary N) is 2. The van der Waals surface area contributed by atoms with Gasteiger partial charge in [0.2, 0.25) is 11.8 Å². The Labute approximate surface area is 170 Å². The van der Waals surface area contributed by atoms with Crippen molar-refractivity contribution in [3.05, 3.63) is 0 Å². The zero-order chi connectivity index (χ0) is 21.4. The lowest BCUT2D eigenvalue weighted by Gasteiger charge is -2.38. The van der Waals surface area contributed by atoms with E-state index in [9.17, 15) is 24.0 Å². The minimum atomic E-state index is -0.771. The van der Waals surface area contributed by atoms with Gasteiger partial charge in [0.05, 0.1) is 13.0 Å². The topological polar surface area (TPSA) is 125 Å². The van der Waals surface area contributed by atoms with Crippen molar-refractivity contribution in [2.75, 3.05) is 19.6 Å². The van der Waals surface area contributed by atoms with Gasteiger partial charge in [-0.1, -0.05) is 6.42 Å². The fraction of sp³-hybridized carbons (Fsp3) is 0.737. The average Bonchev–Trinajstić information content (AvgIpc) is 2.97. The lowest BCUT2D eigenvalue weighted by atomic mass is 10.0. The van der Waals surface area contributed by atoms with E-state index in [4.69, 9.17) is 4.84 Å². The molecule has 10 nitrogen and oxygen atoms in total. The highest BCUT2D eigenvalue weighted by atomic mass is 16.7. The third kappa shape index (κ3) is 7.12. The number of likely N-dealkylation sites (tertiary alicyclic amines) is 1. The zero-order valence-electron chi connectivity index (χ0n) is 17.1. The van der Waals surface area contributed by atoms with E-state index < -0.39 is 17.8 Å². The maximum Gasteiger partial charge on any atom is 0.334 e. The van der Waals surface area contributed by atoms with Gasteiger partial charge in [-0.25, -0.2) is 4.79 Å². The first-order valence-electron chi connectivity index (χ1n) is 10.1. The lowest BCUT2D eigenvalue weighted by Crippen LogP contribution is -2.49. The number of nitrogens with zero attached hydrogens (tertiary/aromatic N) is 2. The van der Waals surface area contributed by atoms with Crippen molar-refractivity contribution in [2.24, 2.45) is 0 Å². The van der Waals surface area contributed by atoms with E-state index in [-0.39, 0.29) is 50.6 Å². The van der Waals surface area contributed by atoms with Crippen LogP contribution in [0.25, 0.3) is 0 Å². The minimum absolute atomic E-state index is 0.0185. The molecule has 0 spiro atoms. The Balaban J connectivity index is 1.56. The second kappa shape index (κ2) is 10.9. The second-order valence-electron chi connectivity index (χ2n) is 7.55. The molecule has 0 aromatic carbocycles. The normalized spacial score (nSPS) is 22.5. The number of hydrogen-bond acceptors (Lipinski definition) is 7. The van der Waals surface area contributed by atoms with Crippen molar-refractivity contribution in [3.63, 3.8) is 0 Å². The van der Waals surface area contributed by atoms with Gasteiger partial charge in [0.1, 0.15) is 0 Å². The Morgan fingerprint density at radius 2 is 1.48 bits per heavy atom. The van der Waals surface area contributed by atoms with E-state index in [0.717, 1.165) is 12.8 Å². The van der Waals surface area contributed by atoms with Crippen LogP contribution in [0.2, 0.25) is 0 Å². The molecule has 2 unspecified atom stereocenters. The van der Waals surface area contributed by atoms with Crippen molar-refractivity contribution < 1.29 is 28.8 Å². The van der Waals surface area contributed by atoms with Crippen LogP contribution in [-0.4, -0.2) is 71.3 Å². The van der Waals surface area contributed by atoms with Crippen LogP contribution < -0.4 is 10.6 Å². The fourth-order valence-electron chi connectivity index (χ4n) is 3.52. The largest absolute Gasteiger partial charge is 0.355 e. The number of piperidine rings is 1. The highest BCUT2D eigenvalue weighted by molar-refractivity contribution is 6.01. The smallest absolute Gasteiger partial charge is 0.334 e. The maximum absolute atomic E-state index is 12.1. The molecule has 2 N–H and O–H groups in total. The summed E-state index contributed by atoms with van der Waals surface area (Å²) >= 11 is 0. The molecule has 4 amide bonds. The van der Waals surface area contributed by atoms with Crippen LogP contribution in [-0.2, 0) is 28.8 Å². The van der Waals surface area contributed by atoms with Crippen molar-refractivity contribution in [1.82, 2.24) is 20.6 Å². The van der Waals surface area contributed by atoms with Crippen LogP contribution in [0.15, 0.2) is 0 Å². The molecule has 0 saturated carbocycles. The first-order valence-corrected chi connectivity index (χ1v) is 10.1. The minimum Gasteiger partial charge on any atom is -0.355 e. The molecule has 2 rings (SSSR count). The predicted molar refractivity (Wildman–Crippen MR) is 102 cm³/mol. The maximum atomic E-state index is 12.1. The third-order valence-electron chi connectivity index (χ3n) is 5.23. The van der Waals surface area contributed by atoms with Gasteiger partial charge >= 0.3 is 5.97 Å². The molecule has 162 valence electrons. The molecular weight excluding hydrogens is 385 g/mol. The standard InChI is InChI=1S/C19H30N4O6/c1-13-4-3-5-14(2)22(13)12-16(25)21-10-8-15(24)20-11-9-19(28)29-23-17(26)6-7-18(23)27/h13-14H,3-12H2,1-2H3,(H,20,24)(H,21,25)/i8+1,10+1,20+1,21+1,22+1. The van der Waals surface area contributed by atoms with Crippen molar-refractivity contribution in [1.29, 1.82) is 0 Å². The molecular formula is C19H30N4O6. The van der Waals surface area contributed by atoms with E-state index in [1.807, 2.05) is 0 Å². The van der Waals surface area contributed by atoms with Crippen LogP contribution >= 0.6 is 0 Å². The molecule has 2 atom stereocenters. The molecule has 0 aromatic rings. The van der Waals surface area contributed by atoms with Crippen LogP contribution in [0.3, 0.4) is 0 Å². The molecule has 2 aliphatic rings. The SMILES string of the molecule is CC1CCCC(C)[15N]1CC(=O)[15NH][13CH2][13CH2]C(=O)[15NH]CCC(=O)ON1C(=O)CCC1=O. The van der Waals surface area contributed by atoms with Crippen LogP contribution in [0.4, 0.5) is 0 Å². The first kappa shape index (κ1) is 22.8. The molecule has 2 fully saturated rings. The number of imide groups is 1. The van der Waals surface area contributed by atoms with Gasteiger partial charge in [-0.05, 0) is 26.7 Å². The summed E-state index contributed by atoms with van der Waals surface area (Å²) in [6, 6.07) is 0.748. The van der Waals surface area contributed by atoms with Crippen LogP contribution in [0.5, 0.6) is 0 Å². The Hall–Kier alpha value is -2.49. The lowest BCUT2D eigenvalue weighted by molar-refractivity contribution is -0.197.